The van der Waals surface area contributed by atoms with Crippen LogP contribution in [0.25, 0.3) is 0 Å². The molecule has 0 atom stereocenters. The van der Waals surface area contributed by atoms with Crippen LogP contribution >= 0.6 is 0 Å². The highest BCUT2D eigenvalue weighted by Crippen LogP contribution is 2.30. The van der Waals surface area contributed by atoms with Crippen LogP contribution in [0.1, 0.15) is 51.3 Å². The second-order valence-corrected chi connectivity index (χ2v) is 7.74. The Morgan fingerprint density at radius 2 is 1.45 bits per heavy atom. The molecule has 1 heteroatoms. The van der Waals surface area contributed by atoms with Crippen LogP contribution in [0.3, 0.4) is 0 Å². The van der Waals surface area contributed by atoms with Gasteiger partial charge in [-0.3, -0.25) is 0 Å². The van der Waals surface area contributed by atoms with Crippen molar-refractivity contribution in [2.75, 3.05) is 7.11 Å². The average Bonchev–Trinajstić information content (AvgIpc) is 2.46. The van der Waals surface area contributed by atoms with Gasteiger partial charge < -0.3 is 4.74 Å². The van der Waals surface area contributed by atoms with Crippen molar-refractivity contribution >= 4 is 0 Å². The van der Waals surface area contributed by atoms with Crippen LogP contribution in [-0.2, 0) is 17.3 Å². The lowest BCUT2D eigenvalue weighted by Gasteiger charge is -2.27. The average molecular weight is 296 g/mol. The van der Waals surface area contributed by atoms with E-state index in [1.54, 1.807) is 7.11 Å². The van der Waals surface area contributed by atoms with E-state index in [4.69, 9.17) is 4.74 Å². The van der Waals surface area contributed by atoms with Crippen LogP contribution < -0.4 is 4.74 Å². The van der Waals surface area contributed by atoms with E-state index in [0.717, 1.165) is 12.2 Å². The van der Waals surface area contributed by atoms with Crippen molar-refractivity contribution in [1.82, 2.24) is 0 Å². The van der Waals surface area contributed by atoms with E-state index in [-0.39, 0.29) is 10.8 Å². The van der Waals surface area contributed by atoms with Crippen LogP contribution in [0.15, 0.2) is 48.5 Å². The fraction of sp³-hybridized carbons (Fsp3) is 0.429. The lowest BCUT2D eigenvalue weighted by Crippen LogP contribution is -2.21. The van der Waals surface area contributed by atoms with E-state index >= 15 is 0 Å². The second-order valence-electron chi connectivity index (χ2n) is 7.74. The highest BCUT2D eigenvalue weighted by molar-refractivity contribution is 5.35. The Labute approximate surface area is 135 Å². The Hall–Kier alpha value is -1.76. The lowest BCUT2D eigenvalue weighted by atomic mass is 9.78. The van der Waals surface area contributed by atoms with Gasteiger partial charge in [-0.2, -0.15) is 0 Å². The van der Waals surface area contributed by atoms with E-state index in [1.165, 1.54) is 16.7 Å². The fourth-order valence-corrected chi connectivity index (χ4v) is 2.80. The minimum absolute atomic E-state index is 0.1000. The normalized spacial score (nSPS) is 12.3. The molecule has 0 amide bonds. The van der Waals surface area contributed by atoms with E-state index in [0.29, 0.717) is 0 Å². The maximum atomic E-state index is 5.25. The van der Waals surface area contributed by atoms with E-state index in [2.05, 4.69) is 71.0 Å². The van der Waals surface area contributed by atoms with Gasteiger partial charge >= 0.3 is 0 Å². The van der Waals surface area contributed by atoms with Gasteiger partial charge in [-0.25, -0.2) is 0 Å². The molecule has 0 aliphatic carbocycles. The zero-order valence-corrected chi connectivity index (χ0v) is 14.7. The first-order chi connectivity index (χ1) is 10.2. The molecule has 0 aliphatic heterocycles. The SMILES string of the molecule is COc1ccc(C(C)(C)Cc2cccc(C(C)(C)C)c2)cc1. The highest BCUT2D eigenvalue weighted by Gasteiger charge is 2.22. The summed E-state index contributed by atoms with van der Waals surface area (Å²) < 4.78 is 5.25. The third kappa shape index (κ3) is 3.91. The topological polar surface area (TPSA) is 9.23 Å². The van der Waals surface area contributed by atoms with Gasteiger partial charge in [0, 0.05) is 0 Å². The van der Waals surface area contributed by atoms with Crippen molar-refractivity contribution in [2.45, 2.75) is 51.9 Å². The molecule has 0 N–H and O–H groups in total. The Kier molecular flexibility index (Phi) is 4.65. The first-order valence-electron chi connectivity index (χ1n) is 7.96. The molecule has 2 aromatic rings. The largest absolute Gasteiger partial charge is 0.497 e. The monoisotopic (exact) mass is 296 g/mol. The Balaban J connectivity index is 2.24. The quantitative estimate of drug-likeness (QED) is 0.722. The number of rotatable bonds is 4. The predicted octanol–water partition coefficient (Wildman–Crippen LogP) is 5.51. The van der Waals surface area contributed by atoms with E-state index in [1.807, 2.05) is 12.1 Å². The molecule has 0 spiro atoms. The zero-order chi connectivity index (χ0) is 16.4. The highest BCUT2D eigenvalue weighted by atomic mass is 16.5. The second kappa shape index (κ2) is 6.16. The number of hydrogen-bond donors (Lipinski definition) is 0. The van der Waals surface area contributed by atoms with Gasteiger partial charge in [-0.1, -0.05) is 71.0 Å². The molecular weight excluding hydrogens is 268 g/mol. The third-order valence-electron chi connectivity index (χ3n) is 4.31. The number of benzene rings is 2. The van der Waals surface area contributed by atoms with Gasteiger partial charge in [0.15, 0.2) is 0 Å². The van der Waals surface area contributed by atoms with E-state index < -0.39 is 0 Å². The van der Waals surface area contributed by atoms with Crippen molar-refractivity contribution < 1.29 is 4.74 Å². The zero-order valence-electron chi connectivity index (χ0n) is 14.7. The van der Waals surface area contributed by atoms with Crippen LogP contribution in [0, 0.1) is 0 Å². The minimum atomic E-state index is 0.1000. The Morgan fingerprint density at radius 1 is 0.818 bits per heavy atom. The Bertz CT molecular complexity index is 615. The lowest BCUT2D eigenvalue weighted by molar-refractivity contribution is 0.414. The number of hydrogen-bond acceptors (Lipinski definition) is 1. The summed E-state index contributed by atoms with van der Waals surface area (Å²) in [5.41, 5.74) is 4.43. The molecule has 2 aromatic carbocycles. The molecule has 0 aromatic heterocycles. The summed E-state index contributed by atoms with van der Waals surface area (Å²) in [5.74, 6) is 0.911. The summed E-state index contributed by atoms with van der Waals surface area (Å²) in [7, 11) is 1.71. The van der Waals surface area contributed by atoms with Crippen molar-refractivity contribution in [3.05, 3.63) is 65.2 Å². The molecule has 0 bridgehead atoms. The number of ether oxygens (including phenoxy) is 1. The van der Waals surface area contributed by atoms with Crippen LogP contribution in [0.5, 0.6) is 5.75 Å². The summed E-state index contributed by atoms with van der Waals surface area (Å²) in [6.07, 6.45) is 1.03. The molecule has 0 fully saturated rings. The van der Waals surface area contributed by atoms with Crippen molar-refractivity contribution in [1.29, 1.82) is 0 Å². The summed E-state index contributed by atoms with van der Waals surface area (Å²) >= 11 is 0. The summed E-state index contributed by atoms with van der Waals surface area (Å²) in [4.78, 5) is 0. The van der Waals surface area contributed by atoms with Crippen molar-refractivity contribution in [2.24, 2.45) is 0 Å². The maximum absolute atomic E-state index is 5.25. The van der Waals surface area contributed by atoms with E-state index in [9.17, 15) is 0 Å². The van der Waals surface area contributed by atoms with Gasteiger partial charge in [0.1, 0.15) is 5.75 Å². The summed E-state index contributed by atoms with van der Waals surface area (Å²) in [6, 6.07) is 17.4. The molecule has 0 heterocycles. The predicted molar refractivity (Wildman–Crippen MR) is 94.9 cm³/mol. The molecule has 0 saturated carbocycles. The van der Waals surface area contributed by atoms with Gasteiger partial charge in [-0.05, 0) is 46.1 Å². The van der Waals surface area contributed by atoms with Gasteiger partial charge in [0.25, 0.3) is 0 Å². The molecule has 2 rings (SSSR count). The maximum Gasteiger partial charge on any atom is 0.118 e. The summed E-state index contributed by atoms with van der Waals surface area (Å²) in [5, 5.41) is 0. The smallest absolute Gasteiger partial charge is 0.118 e. The van der Waals surface area contributed by atoms with Crippen molar-refractivity contribution in [3.63, 3.8) is 0 Å². The molecule has 118 valence electrons. The summed E-state index contributed by atoms with van der Waals surface area (Å²) in [6.45, 7) is 11.4. The minimum Gasteiger partial charge on any atom is -0.497 e. The van der Waals surface area contributed by atoms with Crippen LogP contribution in [0.4, 0.5) is 0 Å². The fourth-order valence-electron chi connectivity index (χ4n) is 2.80. The Morgan fingerprint density at radius 3 is 2.00 bits per heavy atom. The molecule has 0 radical (unpaired) electrons. The molecule has 22 heavy (non-hydrogen) atoms. The molecule has 0 unspecified atom stereocenters. The molecule has 0 saturated heterocycles. The van der Waals surface area contributed by atoms with Crippen molar-refractivity contribution in [3.8, 4) is 5.75 Å². The van der Waals surface area contributed by atoms with Gasteiger partial charge in [0.2, 0.25) is 0 Å². The molecule has 1 nitrogen and oxygen atoms in total. The number of methoxy groups -OCH3 is 1. The van der Waals surface area contributed by atoms with Crippen LogP contribution in [-0.4, -0.2) is 7.11 Å². The first kappa shape index (κ1) is 16.6. The standard InChI is InChI=1S/C21H28O/c1-20(2,3)18-9-7-8-16(14-18)15-21(4,5)17-10-12-19(22-6)13-11-17/h7-14H,15H2,1-6H3. The molecular formula is C21H28O. The first-order valence-corrected chi connectivity index (χ1v) is 7.96. The van der Waals surface area contributed by atoms with Crippen LogP contribution in [0.2, 0.25) is 0 Å². The van der Waals surface area contributed by atoms with Gasteiger partial charge in [-0.15, -0.1) is 0 Å². The molecule has 0 aliphatic rings. The third-order valence-corrected chi connectivity index (χ3v) is 4.31. The van der Waals surface area contributed by atoms with Gasteiger partial charge in [0.05, 0.1) is 7.11 Å².